The average Bonchev–Trinajstić information content (AvgIpc) is 0.762. The van der Waals surface area contributed by atoms with E-state index in [1.807, 2.05) is 52.0 Å². The molecule has 0 aliphatic carbocycles. The Morgan fingerprint density at radius 2 is 0.336 bits per heavy atom. The highest BCUT2D eigenvalue weighted by atomic mass is 14.9. The molecule has 0 radical (unpaired) electrons. The number of hydrogen-bond donors (Lipinski definition) is 0. The molecule has 0 fully saturated rings. The van der Waals surface area contributed by atoms with Crippen molar-refractivity contribution in [2.24, 2.45) is 0 Å². The Kier molecular flexibility index (Phi) is 25.8. The molecule has 8 heteroatoms. The number of aromatic nitrogens is 8. The van der Waals surface area contributed by atoms with Crippen LogP contribution >= 0.6 is 0 Å². The summed E-state index contributed by atoms with van der Waals surface area (Å²) in [5.74, 6) is 3.08. The molecule has 4 heterocycles. The largest absolute Gasteiger partial charge is 0.233 e. The van der Waals surface area contributed by atoms with Crippen LogP contribution in [0.3, 0.4) is 0 Å². The van der Waals surface area contributed by atoms with Crippen molar-refractivity contribution in [2.45, 2.75) is 27.7 Å². The van der Waals surface area contributed by atoms with Gasteiger partial charge in [0, 0.05) is 54.9 Å². The van der Waals surface area contributed by atoms with Crippen molar-refractivity contribution in [3.8, 4) is 179 Å². The van der Waals surface area contributed by atoms with Crippen LogP contribution in [0.5, 0.6) is 0 Å². The average molecular weight is 1790 g/mol. The SMILES string of the molecule is Cc1nc(-c2ccccc2)c2c(-c3ccccc3)cc(-c3ccccc3-c3ccccc3)cc2n1.Cc1nc(-c2ccccc2)c2c(-c3ccccc3-c3ccccc3)cc(-c3ccccc3)cc2n1.Cc1nc(-c2ccccc2)c2cc(-c3cccc(-c4ccccc4)c3)cc(-c3ccccc3)c2n1.Cc1nc(-c2ccccc2)c2cc(-c3ccccc3-c3ccccc3)cc(-c3ccccc3)c2n1. The third-order valence-electron chi connectivity index (χ3n) is 25.4. The minimum Gasteiger partial charge on any atom is -0.233 e. The lowest BCUT2D eigenvalue weighted by molar-refractivity contribution is 1.10. The second-order valence-corrected chi connectivity index (χ2v) is 34.8. The summed E-state index contributed by atoms with van der Waals surface area (Å²) in [4.78, 5) is 39.4. The maximum Gasteiger partial charge on any atom is 0.126 e. The van der Waals surface area contributed by atoms with Gasteiger partial charge in [-0.25, -0.2) is 39.9 Å². The highest BCUT2D eigenvalue weighted by Crippen LogP contribution is 2.47. The zero-order valence-corrected chi connectivity index (χ0v) is 78.1. The van der Waals surface area contributed by atoms with Gasteiger partial charge in [-0.1, -0.05) is 455 Å². The standard InChI is InChI=1S/4C33H24N2/c1-23-34-31-22-27(29-20-12-11-19-28(29)24-13-5-2-6-14-24)21-30(25-15-7-3-8-16-25)32(31)33(35-23)26-17-9-4-10-18-26;1-23-34-32(26-17-9-4-10-18-26)31-22-27(21-30(33(31)35-23)25-15-7-3-8-16-25)29-20-12-11-19-28(29)24-13-5-2-6-14-24;1-23-34-31-22-27(24-13-5-2-6-14-24)21-30(32(31)33(35-23)26-17-9-4-10-18-26)29-20-12-11-19-28(29)25-15-7-3-8-16-25;1-23-34-32(26-16-9-4-10-17-26)31-22-29(21-30(33(31)35-23)25-14-7-3-8-15-25)28-19-11-18-27(20-28)24-12-5-2-6-13-24/h4*2-22H,1H3. The molecule has 0 unspecified atom stereocenters. The molecule has 664 valence electrons. The van der Waals surface area contributed by atoms with Crippen LogP contribution in [0.2, 0.25) is 0 Å². The van der Waals surface area contributed by atoms with E-state index in [1.54, 1.807) is 0 Å². The van der Waals surface area contributed by atoms with Crippen LogP contribution < -0.4 is 0 Å². The van der Waals surface area contributed by atoms with Gasteiger partial charge >= 0.3 is 0 Å². The molecule has 0 saturated heterocycles. The van der Waals surface area contributed by atoms with Gasteiger partial charge in [0.1, 0.15) is 23.3 Å². The van der Waals surface area contributed by atoms with Crippen LogP contribution in [0.1, 0.15) is 23.3 Å². The first-order chi connectivity index (χ1) is 69.1. The second-order valence-electron chi connectivity index (χ2n) is 34.8. The van der Waals surface area contributed by atoms with Crippen molar-refractivity contribution in [3.05, 3.63) is 533 Å². The normalized spacial score (nSPS) is 11.0. The molecule has 140 heavy (non-hydrogen) atoms. The van der Waals surface area contributed by atoms with Gasteiger partial charge < -0.3 is 0 Å². The van der Waals surface area contributed by atoms with Gasteiger partial charge in [-0.2, -0.15) is 0 Å². The predicted octanol–water partition coefficient (Wildman–Crippen LogP) is 34.4. The van der Waals surface area contributed by atoms with Gasteiger partial charge in [0.15, 0.2) is 0 Å². The summed E-state index contributed by atoms with van der Waals surface area (Å²) in [7, 11) is 0. The minimum absolute atomic E-state index is 0.767. The fourth-order valence-corrected chi connectivity index (χ4v) is 19.0. The molecule has 24 aromatic rings. The van der Waals surface area contributed by atoms with Crippen molar-refractivity contribution >= 4 is 43.6 Å². The number of nitrogens with zero attached hydrogens (tertiary/aromatic N) is 8. The van der Waals surface area contributed by atoms with Crippen LogP contribution in [0, 0.1) is 27.7 Å². The third kappa shape index (κ3) is 19.2. The van der Waals surface area contributed by atoms with Crippen LogP contribution in [0.4, 0.5) is 0 Å². The number of aryl methyl sites for hydroxylation is 4. The first-order valence-corrected chi connectivity index (χ1v) is 47.4. The van der Waals surface area contributed by atoms with Crippen molar-refractivity contribution in [1.82, 2.24) is 39.9 Å². The van der Waals surface area contributed by atoms with Crippen LogP contribution in [-0.2, 0) is 0 Å². The van der Waals surface area contributed by atoms with Crippen molar-refractivity contribution in [1.29, 1.82) is 0 Å². The summed E-state index contributed by atoms with van der Waals surface area (Å²) in [6.07, 6.45) is 0. The molecular weight excluding hydrogens is 1700 g/mol. The Morgan fingerprint density at radius 1 is 0.121 bits per heavy atom. The van der Waals surface area contributed by atoms with Crippen LogP contribution in [0.15, 0.2) is 510 Å². The fraction of sp³-hybridized carbons (Fsp3) is 0.0303. The molecule has 20 aromatic carbocycles. The monoisotopic (exact) mass is 1790 g/mol. The van der Waals surface area contributed by atoms with Crippen molar-refractivity contribution in [2.75, 3.05) is 0 Å². The first-order valence-electron chi connectivity index (χ1n) is 47.4. The number of rotatable bonds is 16. The summed E-state index contributed by atoms with van der Waals surface area (Å²) < 4.78 is 0. The van der Waals surface area contributed by atoms with E-state index in [4.69, 9.17) is 39.9 Å². The van der Waals surface area contributed by atoms with E-state index < -0.39 is 0 Å². The lowest BCUT2D eigenvalue weighted by atomic mass is 9.88. The topological polar surface area (TPSA) is 103 Å². The quantitative estimate of drug-likeness (QED) is 0.0943. The molecule has 0 saturated carbocycles. The molecule has 0 atom stereocenters. The van der Waals surface area contributed by atoms with Gasteiger partial charge in [-0.05, 0) is 205 Å². The predicted molar refractivity (Wildman–Crippen MR) is 584 cm³/mol. The second kappa shape index (κ2) is 40.9. The molecule has 0 aliphatic rings. The zero-order chi connectivity index (χ0) is 94.5. The molecule has 4 aromatic heterocycles. The highest BCUT2D eigenvalue weighted by molar-refractivity contribution is 6.11. The van der Waals surface area contributed by atoms with Crippen molar-refractivity contribution < 1.29 is 0 Å². The lowest BCUT2D eigenvalue weighted by Gasteiger charge is -2.17. The van der Waals surface area contributed by atoms with E-state index >= 15 is 0 Å². The molecule has 24 rings (SSSR count). The molecule has 0 spiro atoms. The molecule has 8 nitrogen and oxygen atoms in total. The minimum atomic E-state index is 0.767. The number of benzene rings is 20. The smallest absolute Gasteiger partial charge is 0.126 e. The molecule has 0 aliphatic heterocycles. The molecule has 0 N–H and O–H groups in total. The Morgan fingerprint density at radius 3 is 0.707 bits per heavy atom. The number of hydrogen-bond acceptors (Lipinski definition) is 8. The first kappa shape index (κ1) is 88.4. The van der Waals surface area contributed by atoms with Gasteiger partial charge in [-0.3, -0.25) is 0 Å². The summed E-state index contributed by atoms with van der Waals surface area (Å²) in [6.45, 7) is 7.88. The van der Waals surface area contributed by atoms with E-state index in [0.717, 1.165) is 173 Å². The van der Waals surface area contributed by atoms with E-state index in [-0.39, 0.29) is 0 Å². The molecule has 0 amide bonds. The van der Waals surface area contributed by atoms with Crippen LogP contribution in [0.25, 0.3) is 222 Å². The Hall–Kier alpha value is -18.2. The summed E-state index contributed by atoms with van der Waals surface area (Å²) >= 11 is 0. The van der Waals surface area contributed by atoms with E-state index in [9.17, 15) is 0 Å². The summed E-state index contributed by atoms with van der Waals surface area (Å²) in [5, 5.41) is 4.27. The zero-order valence-electron chi connectivity index (χ0n) is 78.1. The Balaban J connectivity index is 0.000000111. The van der Waals surface area contributed by atoms with Crippen molar-refractivity contribution in [3.63, 3.8) is 0 Å². The summed E-state index contributed by atoms with van der Waals surface area (Å²) in [6, 6.07) is 179. The van der Waals surface area contributed by atoms with Gasteiger partial charge in [-0.15, -0.1) is 0 Å². The van der Waals surface area contributed by atoms with Gasteiger partial charge in [0.05, 0.1) is 44.8 Å². The highest BCUT2D eigenvalue weighted by Gasteiger charge is 2.24. The molecule has 0 bridgehead atoms. The summed E-state index contributed by atoms with van der Waals surface area (Å²) in [5.41, 5.74) is 40.2. The van der Waals surface area contributed by atoms with Gasteiger partial charge in [0.2, 0.25) is 0 Å². The van der Waals surface area contributed by atoms with Crippen LogP contribution in [-0.4, -0.2) is 39.9 Å². The Bertz CT molecular complexity index is 8490. The van der Waals surface area contributed by atoms with Gasteiger partial charge in [0.25, 0.3) is 0 Å². The lowest BCUT2D eigenvalue weighted by Crippen LogP contribution is -1.98. The fourth-order valence-electron chi connectivity index (χ4n) is 19.0. The maximum atomic E-state index is 4.95. The number of fused-ring (bicyclic) bond motifs is 4. The van der Waals surface area contributed by atoms with E-state index in [1.165, 1.54) is 72.3 Å². The molecular formula is C132H96N8. The Labute approximate surface area is 816 Å². The van der Waals surface area contributed by atoms with E-state index in [0.29, 0.717) is 0 Å². The third-order valence-corrected chi connectivity index (χ3v) is 25.4. The maximum absolute atomic E-state index is 4.95. The van der Waals surface area contributed by atoms with E-state index in [2.05, 4.69) is 485 Å².